The van der Waals surface area contributed by atoms with Crippen LogP contribution in [0.15, 0.2) is 153 Å². The van der Waals surface area contributed by atoms with Gasteiger partial charge in [0.25, 0.3) is 27.4 Å². The summed E-state index contributed by atoms with van der Waals surface area (Å²) < 4.78 is 105. The standard InChI is InChI=1S/C23H15BrN4O11S2.C19H13BrN4O8S.Cr.4Na/c1-10(24)23(31)25-12-2-4-14-11(6-12)7-19(41(37,38)39)21(22(14)30)27-26-20-15-5-3-13(28(32)33)8-16(15)18(9-17(20)29)40(34,35)36;1-9(20)19(27)21-13-4-2-3-11-12(13)8-16(33(30,31)32)17(18(11)26)23-22-14-7-10(24(28)29)5-6-15(14)25;;;;;/h2-9,29-30H,1H2,(H,25,31)(H,34,35,36)(H,37,38,39);2-8,25-26H,1H2,(H,21,27)(H,30,31,32);;;;;/q;;+3;4*+1/p-7. The number of nitrogens with one attached hydrogen (secondary N) is 1. The number of hydrogen-bond donors (Lipinski definition) is 2. The molecule has 0 fully saturated rings. The first-order chi connectivity index (χ1) is 34.4. The second-order valence-electron chi connectivity index (χ2n) is 14.5. The van der Waals surface area contributed by atoms with E-state index in [0.29, 0.717) is 12.1 Å². The molecule has 0 aliphatic rings. The van der Waals surface area contributed by atoms with Crippen LogP contribution in [-0.4, -0.2) is 60.6 Å². The van der Waals surface area contributed by atoms with Crippen molar-refractivity contribution < 1.29 is 215 Å². The number of rotatable bonds is 13. The van der Waals surface area contributed by atoms with Gasteiger partial charge in [-0.1, -0.05) is 76.4 Å². The number of halogens is 2. The number of non-ortho nitro benzene ring substituents is 2. The molecule has 0 heterocycles. The Hall–Kier alpha value is -3.84. The van der Waals surface area contributed by atoms with Crippen LogP contribution in [0.3, 0.4) is 0 Å². The van der Waals surface area contributed by atoms with Crippen molar-refractivity contribution in [1.82, 2.24) is 0 Å². The van der Waals surface area contributed by atoms with Crippen molar-refractivity contribution in [1.29, 1.82) is 0 Å². The van der Waals surface area contributed by atoms with Crippen LogP contribution >= 0.6 is 31.9 Å². The molecule has 0 atom stereocenters. The maximum atomic E-state index is 13.2. The molecule has 7 rings (SSSR count). The van der Waals surface area contributed by atoms with Crippen LogP contribution < -0.4 is 149 Å². The fraction of sp³-hybridized carbons (Fsp3) is 0. The number of azo groups is 2. The number of carbonyl (C=O) groups is 1. The molecular weight excluding hydrogens is 1320 g/mol. The number of amides is 1. The van der Waals surface area contributed by atoms with Gasteiger partial charge < -0.3 is 40.0 Å². The summed E-state index contributed by atoms with van der Waals surface area (Å²) in [6.07, 6.45) is 0. The molecule has 0 spiro atoms. The molecule has 0 saturated carbocycles. The van der Waals surface area contributed by atoms with Gasteiger partial charge in [0.15, 0.2) is 0 Å². The SMILES string of the molecule is C=C(Br)C(=O)Nc1cccc2c([O-])c(N=Nc3cc([N+](=O)[O-])ccc3[O-])c(S(=O)(=O)O)cc12.C=C(Br)C([O-])=Nc1ccc2c([O-])c(N=Nc3c([O-])cc(S(=O)(=O)[O-])c4cc([N+](=O)[O-])ccc34)c(S(=O)(=O)[O-])cc2c1.[Cr+3].[Na+].[Na+].[Na+].[Na+]. The van der Waals surface area contributed by atoms with Crippen LogP contribution in [0, 0.1) is 20.2 Å². The Morgan fingerprint density at radius 3 is 1.67 bits per heavy atom. The maximum Gasteiger partial charge on any atom is 3.00 e. The third kappa shape index (κ3) is 17.4. The molecule has 79 heavy (non-hydrogen) atoms. The number of benzene rings is 7. The van der Waals surface area contributed by atoms with Gasteiger partial charge >= 0.3 is 136 Å². The van der Waals surface area contributed by atoms with Gasteiger partial charge in [0, 0.05) is 56.5 Å². The predicted octanol–water partition coefficient (Wildman–Crippen LogP) is -6.01. The van der Waals surface area contributed by atoms with E-state index in [-0.39, 0.29) is 177 Å². The molecule has 0 saturated heterocycles. The summed E-state index contributed by atoms with van der Waals surface area (Å²) >= 11 is 5.75. The van der Waals surface area contributed by atoms with Crippen molar-refractivity contribution >= 4 is 152 Å². The summed E-state index contributed by atoms with van der Waals surface area (Å²) in [5.74, 6) is -5.53. The second kappa shape index (κ2) is 29.4. The summed E-state index contributed by atoms with van der Waals surface area (Å²) in [7, 11) is -15.7. The molecule has 0 aliphatic carbocycles. The maximum absolute atomic E-state index is 13.2. The molecule has 7 aromatic carbocycles. The number of aliphatic imine (C=N–C) groups is 1. The molecular formula is C42H21Br2CrN8Na4O19S3. The van der Waals surface area contributed by atoms with E-state index in [9.17, 15) is 89.5 Å². The monoisotopic (exact) mass is 1340 g/mol. The Kier molecular flexibility index (Phi) is 27.3. The van der Waals surface area contributed by atoms with Crippen molar-refractivity contribution in [3.05, 3.63) is 133 Å². The summed E-state index contributed by atoms with van der Waals surface area (Å²) in [4.78, 5) is 32.9. The molecule has 7 aromatic rings. The van der Waals surface area contributed by atoms with E-state index < -0.39 is 135 Å². The van der Waals surface area contributed by atoms with Crippen LogP contribution in [0.1, 0.15) is 0 Å². The van der Waals surface area contributed by atoms with Crippen LogP contribution in [-0.2, 0) is 52.5 Å². The number of carbonyl (C=O) groups excluding carboxylic acids is 1. The Morgan fingerprint density at radius 2 is 1.11 bits per heavy atom. The molecule has 0 aliphatic heterocycles. The van der Waals surface area contributed by atoms with E-state index in [1.807, 2.05) is 0 Å². The zero-order valence-corrected chi connectivity index (χ0v) is 55.3. The molecule has 0 aromatic heterocycles. The molecule has 27 nitrogen and oxygen atoms in total. The molecule has 0 bridgehead atoms. The number of fused-ring (bicyclic) bond motifs is 3. The van der Waals surface area contributed by atoms with E-state index in [4.69, 9.17) is 0 Å². The van der Waals surface area contributed by atoms with Gasteiger partial charge in [0.2, 0.25) is 0 Å². The quantitative estimate of drug-likeness (QED) is 0.0159. The number of nitro groups is 2. The van der Waals surface area contributed by atoms with Gasteiger partial charge in [-0.3, -0.25) is 34.6 Å². The Morgan fingerprint density at radius 1 is 0.582 bits per heavy atom. The average molecular weight is 1340 g/mol. The fourth-order valence-corrected chi connectivity index (χ4v) is 8.64. The first-order valence-corrected chi connectivity index (χ1v) is 25.1. The third-order valence-electron chi connectivity index (χ3n) is 9.75. The summed E-state index contributed by atoms with van der Waals surface area (Å²) in [6, 6.07) is 14.8. The second-order valence-corrected chi connectivity index (χ2v) is 20.5. The first kappa shape index (κ1) is 73.2. The Bertz CT molecular complexity index is 4110. The molecule has 385 valence electrons. The fourth-order valence-electron chi connectivity index (χ4n) is 6.47. The zero-order valence-electron chi connectivity index (χ0n) is 40.4. The number of hydrogen-bond acceptors (Lipinski definition) is 23. The number of nitro benzene ring substituents is 2. The van der Waals surface area contributed by atoms with E-state index in [1.54, 1.807) is 0 Å². The normalized spacial score (nSPS) is 11.5. The van der Waals surface area contributed by atoms with Gasteiger partial charge in [-0.15, -0.1) is 10.2 Å². The van der Waals surface area contributed by atoms with Crippen molar-refractivity contribution in [3.8, 4) is 23.0 Å². The Balaban J connectivity index is 0.000000758. The van der Waals surface area contributed by atoms with Gasteiger partial charge in [-0.05, 0) is 74.6 Å². The molecule has 2 N–H and O–H groups in total. The summed E-state index contributed by atoms with van der Waals surface area (Å²) in [5, 5.41) is 99.9. The first-order valence-electron chi connectivity index (χ1n) is 19.3. The van der Waals surface area contributed by atoms with E-state index >= 15 is 0 Å². The van der Waals surface area contributed by atoms with Gasteiger partial charge in [0.05, 0.1) is 52.6 Å². The third-order valence-corrected chi connectivity index (χ3v) is 13.0. The largest absolute Gasteiger partial charge is 3.00 e. The molecule has 0 unspecified atom stereocenters. The van der Waals surface area contributed by atoms with E-state index in [2.05, 4.69) is 75.8 Å². The van der Waals surface area contributed by atoms with Gasteiger partial charge in [-0.2, -0.15) is 18.6 Å². The minimum Gasteiger partial charge on any atom is -0.871 e. The number of nitrogens with zero attached hydrogens (tertiary/aromatic N) is 7. The molecule has 37 heteroatoms. The van der Waals surface area contributed by atoms with Crippen LogP contribution in [0.5, 0.6) is 23.0 Å². The average Bonchev–Trinajstić information content (AvgIpc) is 3.30. The summed E-state index contributed by atoms with van der Waals surface area (Å²) in [6.45, 7) is 6.78. The van der Waals surface area contributed by atoms with Crippen molar-refractivity contribution in [2.75, 3.05) is 5.32 Å². The van der Waals surface area contributed by atoms with Crippen molar-refractivity contribution in [2.45, 2.75) is 14.7 Å². The zero-order chi connectivity index (χ0) is 54.9. The topological polar surface area (TPSA) is 461 Å². The van der Waals surface area contributed by atoms with E-state index in [0.717, 1.165) is 48.5 Å². The van der Waals surface area contributed by atoms with Crippen LogP contribution in [0.25, 0.3) is 32.3 Å². The minimum atomic E-state index is -5.39. The molecule has 1 radical (unpaired) electrons. The van der Waals surface area contributed by atoms with Crippen molar-refractivity contribution in [3.63, 3.8) is 0 Å². The smallest absolute Gasteiger partial charge is 0.871 e. The van der Waals surface area contributed by atoms with Crippen LogP contribution in [0.4, 0.5) is 45.5 Å². The molecule has 1 amide bonds. The van der Waals surface area contributed by atoms with Crippen LogP contribution in [0.2, 0.25) is 0 Å². The predicted molar refractivity (Wildman–Crippen MR) is 255 cm³/mol. The van der Waals surface area contributed by atoms with E-state index in [1.165, 1.54) is 30.3 Å². The summed E-state index contributed by atoms with van der Waals surface area (Å²) in [5.41, 5.74) is -4.14. The van der Waals surface area contributed by atoms with Gasteiger partial charge in [-0.25, -0.2) is 16.8 Å². The van der Waals surface area contributed by atoms with Gasteiger partial charge in [0.1, 0.15) is 25.1 Å². The van der Waals surface area contributed by atoms with Crippen molar-refractivity contribution in [2.24, 2.45) is 25.4 Å². The minimum absolute atomic E-state index is 0. The number of anilines is 1. The Labute approximate surface area is 560 Å².